The molecule has 0 radical (unpaired) electrons. The van der Waals surface area contributed by atoms with Crippen LogP contribution in [0, 0.1) is 0 Å². The number of nitrogens with zero attached hydrogens (tertiary/aromatic N) is 2. The van der Waals surface area contributed by atoms with Gasteiger partial charge in [0.05, 0.1) is 27.4 Å². The molecule has 1 saturated heterocycles. The van der Waals surface area contributed by atoms with Gasteiger partial charge in [-0.25, -0.2) is 0 Å². The molecule has 1 aromatic rings. The van der Waals surface area contributed by atoms with E-state index in [1.54, 1.807) is 50.5 Å². The Morgan fingerprint density at radius 3 is 2.19 bits per heavy atom. The molecular formula is C24H37N3O5. The molecule has 0 aromatic heterocycles. The van der Waals surface area contributed by atoms with E-state index in [1.807, 2.05) is 6.92 Å². The lowest BCUT2D eigenvalue weighted by Gasteiger charge is -2.37. The van der Waals surface area contributed by atoms with Crippen LogP contribution in [0.25, 0.3) is 6.08 Å². The molecule has 0 saturated carbocycles. The van der Waals surface area contributed by atoms with Crippen LogP contribution in [0.2, 0.25) is 0 Å². The quantitative estimate of drug-likeness (QED) is 0.415. The lowest BCUT2D eigenvalue weighted by Crippen LogP contribution is -2.54. The molecule has 32 heavy (non-hydrogen) atoms. The highest BCUT2D eigenvalue weighted by molar-refractivity contribution is 5.92. The zero-order chi connectivity index (χ0) is 23.5. The van der Waals surface area contributed by atoms with Crippen molar-refractivity contribution in [3.8, 4) is 17.2 Å². The monoisotopic (exact) mass is 447 g/mol. The highest BCUT2D eigenvalue weighted by Gasteiger charge is 2.26. The first-order valence-electron chi connectivity index (χ1n) is 11.2. The Morgan fingerprint density at radius 2 is 1.66 bits per heavy atom. The first-order chi connectivity index (χ1) is 15.4. The van der Waals surface area contributed by atoms with Gasteiger partial charge < -0.3 is 24.4 Å². The van der Waals surface area contributed by atoms with E-state index in [1.165, 1.54) is 0 Å². The number of hydrogen-bond donors (Lipinski definition) is 1. The minimum absolute atomic E-state index is 0.0585. The lowest BCUT2D eigenvalue weighted by molar-refractivity contribution is -0.130. The average molecular weight is 448 g/mol. The molecule has 1 unspecified atom stereocenters. The van der Waals surface area contributed by atoms with E-state index >= 15 is 0 Å². The fourth-order valence-corrected chi connectivity index (χ4v) is 3.70. The maximum atomic E-state index is 12.7. The minimum Gasteiger partial charge on any atom is -0.493 e. The van der Waals surface area contributed by atoms with Crippen molar-refractivity contribution < 1.29 is 23.8 Å². The summed E-state index contributed by atoms with van der Waals surface area (Å²) in [6, 6.07) is 3.40. The molecule has 0 bridgehead atoms. The molecule has 1 fully saturated rings. The number of piperazine rings is 1. The summed E-state index contributed by atoms with van der Waals surface area (Å²) in [4.78, 5) is 29.0. The molecular weight excluding hydrogens is 410 g/mol. The van der Waals surface area contributed by atoms with Crippen LogP contribution in [-0.2, 0) is 9.59 Å². The van der Waals surface area contributed by atoms with Crippen LogP contribution in [0.3, 0.4) is 0 Å². The number of amides is 2. The van der Waals surface area contributed by atoms with Gasteiger partial charge in [0.1, 0.15) is 0 Å². The molecule has 1 heterocycles. The van der Waals surface area contributed by atoms with Crippen LogP contribution >= 0.6 is 0 Å². The third kappa shape index (κ3) is 6.88. The Kier molecular flexibility index (Phi) is 10.3. The Hall–Kier alpha value is -2.74. The van der Waals surface area contributed by atoms with Gasteiger partial charge in [0, 0.05) is 38.8 Å². The van der Waals surface area contributed by atoms with Crippen LogP contribution in [0.1, 0.15) is 38.7 Å². The van der Waals surface area contributed by atoms with Crippen LogP contribution in [0.15, 0.2) is 18.2 Å². The van der Waals surface area contributed by atoms with Gasteiger partial charge in [-0.05, 0) is 37.1 Å². The van der Waals surface area contributed by atoms with Crippen molar-refractivity contribution in [2.45, 2.75) is 39.2 Å². The van der Waals surface area contributed by atoms with Crippen molar-refractivity contribution in [3.05, 3.63) is 23.8 Å². The van der Waals surface area contributed by atoms with Gasteiger partial charge in [-0.3, -0.25) is 14.5 Å². The van der Waals surface area contributed by atoms with Crippen LogP contribution in [0.5, 0.6) is 17.2 Å². The van der Waals surface area contributed by atoms with E-state index in [9.17, 15) is 9.59 Å². The zero-order valence-electron chi connectivity index (χ0n) is 20.0. The molecule has 1 atom stereocenters. The second-order valence-electron chi connectivity index (χ2n) is 7.83. The number of methoxy groups -OCH3 is 3. The Balaban J connectivity index is 1.90. The maximum absolute atomic E-state index is 12.7. The SMILES string of the molecule is CCCCCNC(=O)C(C)N1CCN(C(=O)/C=C/c2cc(OC)c(OC)c(OC)c2)CC1. The summed E-state index contributed by atoms with van der Waals surface area (Å²) < 4.78 is 16.1. The number of hydrogen-bond acceptors (Lipinski definition) is 6. The van der Waals surface area contributed by atoms with Gasteiger partial charge in [0.25, 0.3) is 0 Å². The molecule has 1 aliphatic heterocycles. The number of unbranched alkanes of at least 4 members (excludes halogenated alkanes) is 2. The van der Waals surface area contributed by atoms with Crippen molar-refractivity contribution in [3.63, 3.8) is 0 Å². The van der Waals surface area contributed by atoms with Crippen LogP contribution in [-0.4, -0.2) is 81.7 Å². The normalized spacial score (nSPS) is 15.5. The molecule has 2 rings (SSSR count). The topological polar surface area (TPSA) is 80.3 Å². The summed E-state index contributed by atoms with van der Waals surface area (Å²) in [5.74, 6) is 1.58. The van der Waals surface area contributed by atoms with E-state index in [2.05, 4.69) is 17.1 Å². The van der Waals surface area contributed by atoms with Crippen molar-refractivity contribution in [2.75, 3.05) is 54.1 Å². The van der Waals surface area contributed by atoms with Gasteiger partial charge >= 0.3 is 0 Å². The summed E-state index contributed by atoms with van der Waals surface area (Å²) in [7, 11) is 4.67. The van der Waals surface area contributed by atoms with Gasteiger partial charge in [-0.2, -0.15) is 0 Å². The van der Waals surface area contributed by atoms with Crippen molar-refractivity contribution in [1.29, 1.82) is 0 Å². The number of ether oxygens (including phenoxy) is 3. The van der Waals surface area contributed by atoms with E-state index in [-0.39, 0.29) is 17.9 Å². The van der Waals surface area contributed by atoms with Gasteiger partial charge in [-0.15, -0.1) is 0 Å². The summed E-state index contributed by atoms with van der Waals surface area (Å²) in [6.07, 6.45) is 6.57. The Morgan fingerprint density at radius 1 is 1.03 bits per heavy atom. The van der Waals surface area contributed by atoms with E-state index < -0.39 is 0 Å². The molecule has 0 spiro atoms. The highest BCUT2D eigenvalue weighted by Crippen LogP contribution is 2.38. The fraction of sp³-hybridized carbons (Fsp3) is 0.583. The van der Waals surface area contributed by atoms with E-state index in [4.69, 9.17) is 14.2 Å². The molecule has 8 heteroatoms. The van der Waals surface area contributed by atoms with Crippen molar-refractivity contribution in [1.82, 2.24) is 15.1 Å². The molecule has 1 aliphatic rings. The minimum atomic E-state index is -0.191. The summed E-state index contributed by atoms with van der Waals surface area (Å²) in [5.41, 5.74) is 0.778. The molecule has 0 aliphatic carbocycles. The molecule has 1 aromatic carbocycles. The molecule has 2 amide bonds. The van der Waals surface area contributed by atoms with Crippen LogP contribution < -0.4 is 19.5 Å². The second kappa shape index (κ2) is 13.0. The largest absolute Gasteiger partial charge is 0.493 e. The number of rotatable bonds is 11. The van der Waals surface area contributed by atoms with Gasteiger partial charge in [0.2, 0.25) is 17.6 Å². The second-order valence-corrected chi connectivity index (χ2v) is 7.83. The standard InChI is InChI=1S/C24H37N3O5/c1-6-7-8-11-25-24(29)18(2)26-12-14-27(15-13-26)22(28)10-9-19-16-20(30-3)23(32-5)21(17-19)31-4/h9-10,16-18H,6-8,11-15H2,1-5H3,(H,25,29)/b10-9+. The fourth-order valence-electron chi connectivity index (χ4n) is 3.70. The highest BCUT2D eigenvalue weighted by atomic mass is 16.5. The summed E-state index contributed by atoms with van der Waals surface area (Å²) in [6.45, 7) is 7.32. The Bertz CT molecular complexity index is 763. The van der Waals surface area contributed by atoms with E-state index in [0.717, 1.165) is 31.4 Å². The van der Waals surface area contributed by atoms with Gasteiger partial charge in [-0.1, -0.05) is 19.8 Å². The maximum Gasteiger partial charge on any atom is 0.246 e. The van der Waals surface area contributed by atoms with Crippen molar-refractivity contribution >= 4 is 17.9 Å². The third-order valence-electron chi connectivity index (χ3n) is 5.74. The predicted octanol–water partition coefficient (Wildman–Crippen LogP) is 2.56. The predicted molar refractivity (Wildman–Crippen MR) is 125 cm³/mol. The van der Waals surface area contributed by atoms with Crippen LogP contribution in [0.4, 0.5) is 0 Å². The molecule has 8 nitrogen and oxygen atoms in total. The smallest absolute Gasteiger partial charge is 0.246 e. The number of carbonyl (C=O) groups excluding carboxylic acids is 2. The van der Waals surface area contributed by atoms with E-state index in [0.29, 0.717) is 43.4 Å². The summed E-state index contributed by atoms with van der Waals surface area (Å²) in [5, 5.41) is 3.01. The lowest BCUT2D eigenvalue weighted by atomic mass is 10.1. The first kappa shape index (κ1) is 25.5. The zero-order valence-corrected chi connectivity index (χ0v) is 20.0. The summed E-state index contributed by atoms with van der Waals surface area (Å²) >= 11 is 0. The van der Waals surface area contributed by atoms with Gasteiger partial charge in [0.15, 0.2) is 11.5 Å². The Labute approximate surface area is 191 Å². The molecule has 178 valence electrons. The number of carbonyl (C=O) groups is 2. The number of benzene rings is 1. The third-order valence-corrected chi connectivity index (χ3v) is 5.74. The average Bonchev–Trinajstić information content (AvgIpc) is 2.83. The molecule has 1 N–H and O–H groups in total. The number of nitrogens with one attached hydrogen (secondary N) is 1. The van der Waals surface area contributed by atoms with Crippen molar-refractivity contribution in [2.24, 2.45) is 0 Å². The first-order valence-corrected chi connectivity index (χ1v) is 11.2.